The van der Waals surface area contributed by atoms with E-state index in [0.717, 1.165) is 5.56 Å². The summed E-state index contributed by atoms with van der Waals surface area (Å²) in [6, 6.07) is 5.59. The van der Waals surface area contributed by atoms with Crippen LogP contribution in [0.3, 0.4) is 0 Å². The van der Waals surface area contributed by atoms with Crippen molar-refractivity contribution in [2.24, 2.45) is 5.41 Å². The van der Waals surface area contributed by atoms with Crippen LogP contribution >= 0.6 is 11.6 Å². The molecular formula is C14H18ClNO2. The molecule has 18 heavy (non-hydrogen) atoms. The largest absolute Gasteiger partial charge is 0.491 e. The first-order valence-electron chi connectivity index (χ1n) is 6.08. The number of hydrogen-bond donors (Lipinski definition) is 1. The molecule has 1 unspecified atom stereocenters. The summed E-state index contributed by atoms with van der Waals surface area (Å²) < 4.78 is 5.51. The summed E-state index contributed by atoms with van der Waals surface area (Å²) in [6.45, 7) is 7.26. The third kappa shape index (κ3) is 2.61. The first-order chi connectivity index (χ1) is 8.39. The number of carbonyl (C=O) groups excluding carboxylic acids is 1. The summed E-state index contributed by atoms with van der Waals surface area (Å²) >= 11 is 6.44. The maximum Gasteiger partial charge on any atom is 0.255 e. The molecule has 1 aromatic rings. The fourth-order valence-electron chi connectivity index (χ4n) is 1.93. The van der Waals surface area contributed by atoms with E-state index in [1.54, 1.807) is 0 Å². The molecule has 0 fully saturated rings. The highest BCUT2D eigenvalue weighted by atomic mass is 35.5. The van der Waals surface area contributed by atoms with Gasteiger partial charge in [0.1, 0.15) is 12.4 Å². The number of halogens is 1. The molecule has 1 atom stereocenters. The molecular weight excluding hydrogens is 250 g/mol. The van der Waals surface area contributed by atoms with Gasteiger partial charge in [-0.2, -0.15) is 0 Å². The van der Waals surface area contributed by atoms with Crippen LogP contribution in [0.5, 0.6) is 5.75 Å². The predicted octanol–water partition coefficient (Wildman–Crippen LogP) is 3.13. The van der Waals surface area contributed by atoms with Crippen molar-refractivity contribution in [3.8, 4) is 5.75 Å². The molecule has 1 amide bonds. The van der Waals surface area contributed by atoms with Gasteiger partial charge in [0.25, 0.3) is 5.91 Å². The van der Waals surface area contributed by atoms with E-state index in [2.05, 4.69) is 26.1 Å². The third-order valence-corrected chi connectivity index (χ3v) is 3.85. The number of rotatable bonds is 1. The monoisotopic (exact) mass is 267 g/mol. The number of benzene rings is 1. The van der Waals surface area contributed by atoms with Crippen molar-refractivity contribution in [1.29, 1.82) is 0 Å². The summed E-state index contributed by atoms with van der Waals surface area (Å²) in [4.78, 5) is 11.9. The minimum atomic E-state index is -0.140. The van der Waals surface area contributed by atoms with Gasteiger partial charge in [0.05, 0.1) is 17.5 Å². The zero-order valence-corrected chi connectivity index (χ0v) is 11.7. The van der Waals surface area contributed by atoms with Crippen molar-refractivity contribution in [3.05, 3.63) is 29.3 Å². The molecule has 1 aliphatic rings. The van der Waals surface area contributed by atoms with E-state index >= 15 is 0 Å². The fourth-order valence-corrected chi connectivity index (χ4v) is 2.07. The highest BCUT2D eigenvalue weighted by molar-refractivity contribution is 6.21. The average Bonchev–Trinajstić information content (AvgIpc) is 2.49. The molecule has 1 N–H and O–H groups in total. The molecule has 98 valence electrons. The summed E-state index contributed by atoms with van der Waals surface area (Å²) in [7, 11) is 0. The molecule has 0 radical (unpaired) electrons. The Morgan fingerprint density at radius 2 is 2.11 bits per heavy atom. The average molecular weight is 268 g/mol. The third-order valence-electron chi connectivity index (χ3n) is 2.95. The Labute approximate surface area is 112 Å². The zero-order valence-electron chi connectivity index (χ0n) is 10.9. The van der Waals surface area contributed by atoms with Crippen LogP contribution in [0.4, 0.5) is 0 Å². The quantitative estimate of drug-likeness (QED) is 0.794. The Morgan fingerprint density at radius 3 is 2.78 bits per heavy atom. The smallest absolute Gasteiger partial charge is 0.255 e. The second-order valence-corrected chi connectivity index (χ2v) is 6.02. The SMILES string of the molecule is CC(C)(C)C(Cl)c1ccc2c(c1)C(=O)NCCO2. The van der Waals surface area contributed by atoms with Crippen molar-refractivity contribution in [1.82, 2.24) is 5.32 Å². The molecule has 4 heteroatoms. The number of alkyl halides is 1. The molecule has 0 aliphatic carbocycles. The summed E-state index contributed by atoms with van der Waals surface area (Å²) in [5.74, 6) is 0.536. The molecule has 0 bridgehead atoms. The van der Waals surface area contributed by atoms with Crippen molar-refractivity contribution in [3.63, 3.8) is 0 Å². The predicted molar refractivity (Wildman–Crippen MR) is 72.3 cm³/mol. The minimum absolute atomic E-state index is 0.0577. The van der Waals surface area contributed by atoms with Gasteiger partial charge in [-0.15, -0.1) is 11.6 Å². The van der Waals surface area contributed by atoms with Crippen molar-refractivity contribution in [2.75, 3.05) is 13.2 Å². The summed E-state index contributed by atoms with van der Waals surface area (Å²) in [5, 5.41) is 2.66. The molecule has 3 nitrogen and oxygen atoms in total. The molecule has 1 heterocycles. The van der Waals surface area contributed by atoms with Gasteiger partial charge in [0, 0.05) is 0 Å². The van der Waals surface area contributed by atoms with Crippen LogP contribution in [-0.4, -0.2) is 19.1 Å². The number of nitrogens with one attached hydrogen (secondary N) is 1. The first-order valence-corrected chi connectivity index (χ1v) is 6.52. The second kappa shape index (κ2) is 4.81. The van der Waals surface area contributed by atoms with E-state index in [1.165, 1.54) is 0 Å². The maximum absolute atomic E-state index is 11.9. The van der Waals surface area contributed by atoms with Crippen LogP contribution in [0.2, 0.25) is 0 Å². The van der Waals surface area contributed by atoms with E-state index in [9.17, 15) is 4.79 Å². The van der Waals surface area contributed by atoms with Crippen LogP contribution < -0.4 is 10.1 Å². The van der Waals surface area contributed by atoms with Crippen LogP contribution in [0, 0.1) is 5.41 Å². The summed E-state index contributed by atoms with van der Waals surface area (Å²) in [5.41, 5.74) is 1.46. The van der Waals surface area contributed by atoms with Crippen LogP contribution in [0.15, 0.2) is 18.2 Å². The normalized spacial score (nSPS) is 17.2. The molecule has 1 aliphatic heterocycles. The number of carbonyl (C=O) groups is 1. The number of hydrogen-bond acceptors (Lipinski definition) is 2. The molecule has 0 saturated heterocycles. The Balaban J connectivity index is 2.40. The lowest BCUT2D eigenvalue weighted by molar-refractivity contribution is 0.0957. The van der Waals surface area contributed by atoms with Crippen molar-refractivity contribution >= 4 is 17.5 Å². The molecule has 1 aromatic carbocycles. The van der Waals surface area contributed by atoms with E-state index in [1.807, 2.05) is 18.2 Å². The number of fused-ring (bicyclic) bond motifs is 1. The Morgan fingerprint density at radius 1 is 1.39 bits per heavy atom. The van der Waals surface area contributed by atoms with Crippen molar-refractivity contribution < 1.29 is 9.53 Å². The van der Waals surface area contributed by atoms with Gasteiger partial charge in [-0.1, -0.05) is 26.8 Å². The van der Waals surface area contributed by atoms with Gasteiger partial charge in [0.2, 0.25) is 0 Å². The lowest BCUT2D eigenvalue weighted by atomic mass is 9.87. The van der Waals surface area contributed by atoms with E-state index in [0.29, 0.717) is 24.5 Å². The zero-order chi connectivity index (χ0) is 13.3. The summed E-state index contributed by atoms with van der Waals surface area (Å²) in [6.07, 6.45) is 0. The molecule has 0 saturated carbocycles. The van der Waals surface area contributed by atoms with Gasteiger partial charge >= 0.3 is 0 Å². The highest BCUT2D eigenvalue weighted by Gasteiger charge is 2.26. The highest BCUT2D eigenvalue weighted by Crippen LogP contribution is 2.39. The number of amides is 1. The lowest BCUT2D eigenvalue weighted by Crippen LogP contribution is -2.24. The van der Waals surface area contributed by atoms with Crippen molar-refractivity contribution in [2.45, 2.75) is 26.1 Å². The molecule has 2 rings (SSSR count). The van der Waals surface area contributed by atoms with Crippen LogP contribution in [0.1, 0.15) is 42.1 Å². The lowest BCUT2D eigenvalue weighted by Gasteiger charge is -2.26. The topological polar surface area (TPSA) is 38.3 Å². The van der Waals surface area contributed by atoms with Crippen LogP contribution in [0.25, 0.3) is 0 Å². The van der Waals surface area contributed by atoms with Gasteiger partial charge in [-0.25, -0.2) is 0 Å². The minimum Gasteiger partial charge on any atom is -0.491 e. The van der Waals surface area contributed by atoms with Crippen LogP contribution in [-0.2, 0) is 0 Å². The fraction of sp³-hybridized carbons (Fsp3) is 0.500. The first kappa shape index (κ1) is 13.2. The van der Waals surface area contributed by atoms with Gasteiger partial charge in [-0.3, -0.25) is 4.79 Å². The van der Waals surface area contributed by atoms with Gasteiger partial charge in [-0.05, 0) is 23.1 Å². The standard InChI is InChI=1S/C14H18ClNO2/c1-14(2,3)12(15)9-4-5-11-10(8-9)13(17)16-6-7-18-11/h4-5,8,12H,6-7H2,1-3H3,(H,16,17). The van der Waals surface area contributed by atoms with Gasteiger partial charge < -0.3 is 10.1 Å². The Hall–Kier alpha value is -1.22. The van der Waals surface area contributed by atoms with E-state index < -0.39 is 0 Å². The van der Waals surface area contributed by atoms with Gasteiger partial charge in [0.15, 0.2) is 0 Å². The number of ether oxygens (including phenoxy) is 1. The Kier molecular flexibility index (Phi) is 3.53. The molecule has 0 aromatic heterocycles. The second-order valence-electron chi connectivity index (χ2n) is 5.59. The molecule has 0 spiro atoms. The van der Waals surface area contributed by atoms with E-state index in [4.69, 9.17) is 16.3 Å². The maximum atomic E-state index is 11.9. The van der Waals surface area contributed by atoms with E-state index in [-0.39, 0.29) is 16.7 Å². The Bertz CT molecular complexity index is 465.